The van der Waals surface area contributed by atoms with Gasteiger partial charge in [-0.05, 0) is 37.6 Å². The maximum Gasteiger partial charge on any atom is 0.265 e. The van der Waals surface area contributed by atoms with Gasteiger partial charge in [0.15, 0.2) is 6.10 Å². The summed E-state index contributed by atoms with van der Waals surface area (Å²) in [6, 6.07) is 16.1. The van der Waals surface area contributed by atoms with Crippen molar-refractivity contribution in [2.45, 2.75) is 26.4 Å². The molecule has 0 spiro atoms. The van der Waals surface area contributed by atoms with Gasteiger partial charge in [-0.1, -0.05) is 37.3 Å². The zero-order valence-corrected chi connectivity index (χ0v) is 13.9. The number of nitrogens with one attached hydrogen (secondary N) is 2. The van der Waals surface area contributed by atoms with Crippen LogP contribution in [0.25, 0.3) is 0 Å². The normalized spacial score (nSPS) is 11.4. The molecule has 0 fully saturated rings. The second-order valence-corrected chi connectivity index (χ2v) is 5.36. The molecule has 2 amide bonds. The predicted octanol–water partition coefficient (Wildman–Crippen LogP) is 3.23. The van der Waals surface area contributed by atoms with Crippen LogP contribution in [0.4, 0.5) is 5.69 Å². The van der Waals surface area contributed by atoms with E-state index in [1.165, 1.54) is 0 Å². The maximum atomic E-state index is 12.3. The van der Waals surface area contributed by atoms with Crippen molar-refractivity contribution >= 4 is 17.5 Å². The van der Waals surface area contributed by atoms with Crippen molar-refractivity contribution in [3.63, 3.8) is 0 Å². The predicted molar refractivity (Wildman–Crippen MR) is 94.2 cm³/mol. The monoisotopic (exact) mass is 326 g/mol. The lowest BCUT2D eigenvalue weighted by molar-refractivity contribution is -0.122. The Bertz CT molecular complexity index is 686. The summed E-state index contributed by atoms with van der Waals surface area (Å²) >= 11 is 0. The molecule has 1 atom stereocenters. The number of rotatable bonds is 7. The van der Waals surface area contributed by atoms with Crippen LogP contribution in [0.5, 0.6) is 5.75 Å². The first-order valence-corrected chi connectivity index (χ1v) is 8.01. The third-order valence-electron chi connectivity index (χ3n) is 3.39. The molecule has 0 saturated carbocycles. The summed E-state index contributed by atoms with van der Waals surface area (Å²) in [5.74, 6) is 0.105. The van der Waals surface area contributed by atoms with Crippen LogP contribution in [0.3, 0.4) is 0 Å². The molecule has 0 aromatic heterocycles. The number of hydrogen-bond acceptors (Lipinski definition) is 3. The summed E-state index contributed by atoms with van der Waals surface area (Å²) in [6.45, 7) is 4.24. The van der Waals surface area contributed by atoms with Crippen LogP contribution in [0.1, 0.15) is 30.6 Å². The fraction of sp³-hybridized carbons (Fsp3) is 0.263. The van der Waals surface area contributed by atoms with E-state index in [1.54, 1.807) is 43.3 Å². The van der Waals surface area contributed by atoms with E-state index in [2.05, 4.69) is 10.6 Å². The van der Waals surface area contributed by atoms with Gasteiger partial charge in [0.1, 0.15) is 5.75 Å². The quantitative estimate of drug-likeness (QED) is 0.821. The number of amides is 2. The molecule has 0 aliphatic rings. The molecule has 5 nitrogen and oxygen atoms in total. The second-order valence-electron chi connectivity index (χ2n) is 5.36. The molecule has 2 N–H and O–H groups in total. The number of ether oxygens (including phenoxy) is 1. The van der Waals surface area contributed by atoms with Crippen LogP contribution in [0, 0.1) is 0 Å². The number of carbonyl (C=O) groups excluding carboxylic acids is 2. The van der Waals surface area contributed by atoms with E-state index in [4.69, 9.17) is 4.74 Å². The Morgan fingerprint density at radius 1 is 1.04 bits per heavy atom. The average molecular weight is 326 g/mol. The van der Waals surface area contributed by atoms with Crippen molar-refractivity contribution < 1.29 is 14.3 Å². The molecule has 0 aliphatic heterocycles. The summed E-state index contributed by atoms with van der Waals surface area (Å²) in [5.41, 5.74) is 0.908. The molecular formula is C19H22N2O3. The molecule has 5 heteroatoms. The van der Waals surface area contributed by atoms with Gasteiger partial charge in [0.05, 0.1) is 11.3 Å². The van der Waals surface area contributed by atoms with Crippen molar-refractivity contribution in [1.29, 1.82) is 0 Å². The van der Waals surface area contributed by atoms with Crippen molar-refractivity contribution in [1.82, 2.24) is 5.32 Å². The largest absolute Gasteiger partial charge is 0.481 e. The van der Waals surface area contributed by atoms with Gasteiger partial charge in [-0.15, -0.1) is 0 Å². The second kappa shape index (κ2) is 8.72. The molecule has 0 heterocycles. The van der Waals surface area contributed by atoms with Gasteiger partial charge in [0, 0.05) is 6.54 Å². The van der Waals surface area contributed by atoms with Gasteiger partial charge in [-0.2, -0.15) is 0 Å². The minimum atomic E-state index is -0.681. The summed E-state index contributed by atoms with van der Waals surface area (Å²) in [7, 11) is 0. The smallest absolute Gasteiger partial charge is 0.265 e. The van der Waals surface area contributed by atoms with E-state index in [9.17, 15) is 9.59 Å². The molecule has 0 aliphatic carbocycles. The summed E-state index contributed by atoms with van der Waals surface area (Å²) < 4.78 is 5.60. The lowest BCUT2D eigenvalue weighted by Gasteiger charge is -2.16. The Kier molecular flexibility index (Phi) is 6.37. The van der Waals surface area contributed by atoms with E-state index in [0.717, 1.165) is 6.42 Å². The van der Waals surface area contributed by atoms with Crippen LogP contribution in [-0.2, 0) is 4.79 Å². The van der Waals surface area contributed by atoms with Crippen LogP contribution >= 0.6 is 0 Å². The number of hydrogen-bond donors (Lipinski definition) is 2. The highest BCUT2D eigenvalue weighted by molar-refractivity contribution is 6.04. The van der Waals surface area contributed by atoms with Gasteiger partial charge >= 0.3 is 0 Å². The molecule has 0 saturated heterocycles. The molecule has 0 unspecified atom stereocenters. The maximum absolute atomic E-state index is 12.3. The molecule has 24 heavy (non-hydrogen) atoms. The van der Waals surface area contributed by atoms with E-state index >= 15 is 0 Å². The highest BCUT2D eigenvalue weighted by Crippen LogP contribution is 2.17. The fourth-order valence-corrected chi connectivity index (χ4v) is 2.11. The Morgan fingerprint density at radius 3 is 2.42 bits per heavy atom. The Labute approximate surface area is 142 Å². The molecule has 2 aromatic carbocycles. The first kappa shape index (κ1) is 17.5. The summed E-state index contributed by atoms with van der Waals surface area (Å²) in [6.07, 6.45) is 0.168. The van der Waals surface area contributed by atoms with Gasteiger partial charge in [-0.25, -0.2) is 0 Å². The lowest BCUT2D eigenvalue weighted by atomic mass is 10.1. The molecule has 2 aromatic rings. The van der Waals surface area contributed by atoms with Gasteiger partial charge in [0.2, 0.25) is 0 Å². The van der Waals surface area contributed by atoms with Gasteiger partial charge in [0.25, 0.3) is 11.8 Å². The van der Waals surface area contributed by atoms with Crippen molar-refractivity contribution in [3.8, 4) is 5.75 Å². The topological polar surface area (TPSA) is 67.4 Å². The molecule has 0 radical (unpaired) electrons. The third kappa shape index (κ3) is 4.84. The van der Waals surface area contributed by atoms with Gasteiger partial charge in [-0.3, -0.25) is 9.59 Å². The number of carbonyl (C=O) groups is 2. The Hall–Kier alpha value is -2.82. The molecular weight excluding hydrogens is 304 g/mol. The highest BCUT2D eigenvalue weighted by atomic mass is 16.5. The van der Waals surface area contributed by atoms with Crippen LogP contribution in [0.15, 0.2) is 54.6 Å². The van der Waals surface area contributed by atoms with Crippen LogP contribution in [-0.4, -0.2) is 24.5 Å². The van der Waals surface area contributed by atoms with Crippen LogP contribution in [0.2, 0.25) is 0 Å². The summed E-state index contributed by atoms with van der Waals surface area (Å²) in [4.78, 5) is 24.5. The van der Waals surface area contributed by atoms with E-state index in [1.807, 2.05) is 25.1 Å². The SMILES string of the molecule is CCCNC(=O)c1ccccc1NC(=O)[C@H](C)Oc1ccccc1. The number of benzene rings is 2. The van der Waals surface area contributed by atoms with E-state index < -0.39 is 6.10 Å². The minimum absolute atomic E-state index is 0.204. The van der Waals surface area contributed by atoms with E-state index in [-0.39, 0.29) is 11.8 Å². The lowest BCUT2D eigenvalue weighted by Crippen LogP contribution is -2.31. The zero-order chi connectivity index (χ0) is 17.4. The summed E-state index contributed by atoms with van der Waals surface area (Å²) in [5, 5.41) is 5.57. The Balaban J connectivity index is 2.04. The van der Waals surface area contributed by atoms with Crippen LogP contribution < -0.4 is 15.4 Å². The first-order valence-electron chi connectivity index (χ1n) is 8.01. The standard InChI is InChI=1S/C19H22N2O3/c1-3-13-20-19(23)16-11-7-8-12-17(16)21-18(22)14(2)24-15-9-5-4-6-10-15/h4-12,14H,3,13H2,1-2H3,(H,20,23)(H,21,22)/t14-/m0/s1. The zero-order valence-electron chi connectivity index (χ0n) is 13.9. The Morgan fingerprint density at radius 2 is 1.71 bits per heavy atom. The molecule has 2 rings (SSSR count). The number of anilines is 1. The first-order chi connectivity index (χ1) is 11.6. The van der Waals surface area contributed by atoms with E-state index in [0.29, 0.717) is 23.5 Å². The molecule has 126 valence electrons. The number of para-hydroxylation sites is 2. The fourth-order valence-electron chi connectivity index (χ4n) is 2.11. The van der Waals surface area contributed by atoms with Crippen molar-refractivity contribution in [2.24, 2.45) is 0 Å². The average Bonchev–Trinajstić information content (AvgIpc) is 2.61. The van der Waals surface area contributed by atoms with Crippen molar-refractivity contribution in [3.05, 3.63) is 60.2 Å². The van der Waals surface area contributed by atoms with Gasteiger partial charge < -0.3 is 15.4 Å². The third-order valence-corrected chi connectivity index (χ3v) is 3.39. The highest BCUT2D eigenvalue weighted by Gasteiger charge is 2.18. The molecule has 0 bridgehead atoms. The van der Waals surface area contributed by atoms with Crippen molar-refractivity contribution in [2.75, 3.05) is 11.9 Å². The minimum Gasteiger partial charge on any atom is -0.481 e.